The normalized spacial score (nSPS) is 18.8. The van der Waals surface area contributed by atoms with Gasteiger partial charge in [0.25, 0.3) is 0 Å². The van der Waals surface area contributed by atoms with Crippen molar-refractivity contribution in [2.75, 3.05) is 13.1 Å². The Labute approximate surface area is 255 Å². The molecule has 4 rings (SSSR count). The van der Waals surface area contributed by atoms with Crippen LogP contribution in [0.15, 0.2) is 60.8 Å². The lowest BCUT2D eigenvalue weighted by molar-refractivity contribution is -0.141. The van der Waals surface area contributed by atoms with Crippen LogP contribution in [0.4, 0.5) is 0 Å². The highest BCUT2D eigenvalue weighted by atomic mass is 32.1. The lowest BCUT2D eigenvalue weighted by atomic mass is 9.94. The third-order valence-corrected chi connectivity index (χ3v) is 7.92. The molecule has 11 N–H and O–H groups in total. The number of hydrazine groups is 1. The number of carbonyl (C=O) groups excluding carboxylic acids is 4. The Hall–Kier alpha value is -3.63. The fourth-order valence-electron chi connectivity index (χ4n) is 5.15. The largest absolute Gasteiger partial charge is 0.361 e. The van der Waals surface area contributed by atoms with E-state index in [1.807, 2.05) is 54.6 Å². The molecule has 0 saturated carbocycles. The Kier molecular flexibility index (Phi) is 11.4. The van der Waals surface area contributed by atoms with Crippen molar-refractivity contribution >= 4 is 47.1 Å². The number of para-hydroxylation sites is 1. The molecular weight excluding hydrogens is 570 g/mol. The van der Waals surface area contributed by atoms with Crippen LogP contribution in [-0.2, 0) is 32.0 Å². The molecule has 0 radical (unpaired) electrons. The molecule has 4 atom stereocenters. The average Bonchev–Trinajstić information content (AvgIpc) is 3.41. The number of piperazine rings is 1. The highest BCUT2D eigenvalue weighted by Gasteiger charge is 2.38. The van der Waals surface area contributed by atoms with E-state index in [9.17, 15) is 19.2 Å². The van der Waals surface area contributed by atoms with Crippen LogP contribution in [0.1, 0.15) is 24.0 Å². The SMILES string of the molecule is NN[C@@H](Cc1c[nH]c2ccccc12)C(=O)C(=O)[C@H](CCCNC(N)N)NC(=O)C1CN(S)C(Cc2ccccc2)C(=O)N1. The molecule has 1 aromatic heterocycles. The summed E-state index contributed by atoms with van der Waals surface area (Å²) in [5, 5.41) is 9.16. The molecule has 2 unspecified atom stereocenters. The molecule has 1 saturated heterocycles. The first-order chi connectivity index (χ1) is 20.7. The van der Waals surface area contributed by atoms with Crippen LogP contribution in [0.5, 0.6) is 0 Å². The summed E-state index contributed by atoms with van der Waals surface area (Å²) in [6, 6.07) is 13.3. The van der Waals surface area contributed by atoms with E-state index in [-0.39, 0.29) is 25.3 Å². The molecule has 3 aromatic rings. The number of nitrogens with one attached hydrogen (secondary N) is 5. The fraction of sp³-hybridized carbons (Fsp3) is 0.379. The second-order valence-corrected chi connectivity index (χ2v) is 11.1. The molecule has 0 aliphatic carbocycles. The number of nitrogens with zero attached hydrogens (tertiary/aromatic N) is 1. The smallest absolute Gasteiger partial charge is 0.244 e. The van der Waals surface area contributed by atoms with Gasteiger partial charge in [-0.25, -0.2) is 9.73 Å². The maximum Gasteiger partial charge on any atom is 0.244 e. The zero-order valence-electron chi connectivity index (χ0n) is 23.7. The topological polar surface area (TPSA) is 213 Å². The van der Waals surface area contributed by atoms with Crippen LogP contribution in [0.3, 0.4) is 0 Å². The average molecular weight is 610 g/mol. The van der Waals surface area contributed by atoms with Crippen molar-refractivity contribution in [3.63, 3.8) is 0 Å². The number of aromatic amines is 1. The number of aromatic nitrogens is 1. The number of ketones is 2. The van der Waals surface area contributed by atoms with Crippen molar-refractivity contribution in [2.24, 2.45) is 17.3 Å². The first kappa shape index (κ1) is 32.3. The third kappa shape index (κ3) is 8.48. The van der Waals surface area contributed by atoms with Crippen molar-refractivity contribution in [1.29, 1.82) is 0 Å². The summed E-state index contributed by atoms with van der Waals surface area (Å²) in [5.74, 6) is 3.18. The van der Waals surface area contributed by atoms with Crippen molar-refractivity contribution < 1.29 is 19.2 Å². The molecule has 14 heteroatoms. The molecule has 0 bridgehead atoms. The van der Waals surface area contributed by atoms with Crippen molar-refractivity contribution in [1.82, 2.24) is 30.7 Å². The van der Waals surface area contributed by atoms with E-state index in [2.05, 4.69) is 39.2 Å². The molecule has 2 amide bonds. The minimum Gasteiger partial charge on any atom is -0.361 e. The minimum absolute atomic E-state index is 0.101. The van der Waals surface area contributed by atoms with Gasteiger partial charge >= 0.3 is 0 Å². The summed E-state index contributed by atoms with van der Waals surface area (Å²) in [6.07, 6.45) is 2.10. The monoisotopic (exact) mass is 609 g/mol. The molecule has 2 heterocycles. The zero-order chi connectivity index (χ0) is 30.9. The van der Waals surface area contributed by atoms with Gasteiger partial charge in [0.05, 0.1) is 12.1 Å². The van der Waals surface area contributed by atoms with E-state index in [1.54, 1.807) is 6.20 Å². The molecule has 1 aliphatic rings. The van der Waals surface area contributed by atoms with Crippen LogP contribution >= 0.6 is 12.8 Å². The van der Waals surface area contributed by atoms with E-state index in [0.29, 0.717) is 19.4 Å². The van der Waals surface area contributed by atoms with E-state index in [1.165, 1.54) is 4.31 Å². The number of benzene rings is 2. The molecular formula is C29H39N9O4S. The van der Waals surface area contributed by atoms with Crippen LogP contribution in [0.2, 0.25) is 0 Å². The summed E-state index contributed by atoms with van der Waals surface area (Å²) in [5.41, 5.74) is 16.2. The number of H-pyrrole nitrogens is 1. The second-order valence-electron chi connectivity index (χ2n) is 10.6. The molecule has 230 valence electrons. The summed E-state index contributed by atoms with van der Waals surface area (Å²) in [7, 11) is 0. The van der Waals surface area contributed by atoms with Gasteiger partial charge in [0, 0.05) is 23.6 Å². The van der Waals surface area contributed by atoms with Crippen molar-refractivity contribution in [3.8, 4) is 0 Å². The number of hydrogen-bond donors (Lipinski definition) is 9. The summed E-state index contributed by atoms with van der Waals surface area (Å²) in [6.45, 7) is 0.454. The van der Waals surface area contributed by atoms with Gasteiger partial charge in [-0.1, -0.05) is 61.3 Å². The quantitative estimate of drug-likeness (QED) is 0.0256. The minimum atomic E-state index is -1.16. The van der Waals surface area contributed by atoms with Gasteiger partial charge in [-0.2, -0.15) is 0 Å². The predicted molar refractivity (Wildman–Crippen MR) is 166 cm³/mol. The number of thiol groups is 1. The van der Waals surface area contributed by atoms with Crippen molar-refractivity contribution in [3.05, 3.63) is 71.9 Å². The molecule has 2 aromatic carbocycles. The maximum atomic E-state index is 13.5. The Balaban J connectivity index is 1.43. The number of rotatable bonds is 15. The van der Waals surface area contributed by atoms with Crippen LogP contribution in [0, 0.1) is 0 Å². The Morgan fingerprint density at radius 2 is 1.72 bits per heavy atom. The molecule has 13 nitrogen and oxygen atoms in total. The predicted octanol–water partition coefficient (Wildman–Crippen LogP) is -1.01. The van der Waals surface area contributed by atoms with Gasteiger partial charge < -0.3 is 27.1 Å². The Bertz CT molecular complexity index is 1420. The lowest BCUT2D eigenvalue weighted by Gasteiger charge is -2.36. The molecule has 0 spiro atoms. The second kappa shape index (κ2) is 15.2. The summed E-state index contributed by atoms with van der Waals surface area (Å²) in [4.78, 5) is 56.3. The van der Waals surface area contributed by atoms with Gasteiger partial charge in [0.2, 0.25) is 23.4 Å². The maximum absolute atomic E-state index is 13.5. The number of hydrogen-bond acceptors (Lipinski definition) is 11. The van der Waals surface area contributed by atoms with E-state index in [0.717, 1.165) is 22.0 Å². The van der Waals surface area contributed by atoms with Crippen LogP contribution in [0.25, 0.3) is 10.9 Å². The summed E-state index contributed by atoms with van der Waals surface area (Å²) < 4.78 is 1.51. The van der Waals surface area contributed by atoms with Crippen molar-refractivity contribution in [2.45, 2.75) is 56.1 Å². The fourth-order valence-corrected chi connectivity index (χ4v) is 5.50. The van der Waals surface area contributed by atoms with Gasteiger partial charge in [-0.3, -0.25) is 30.3 Å². The summed E-state index contributed by atoms with van der Waals surface area (Å²) >= 11 is 4.47. The van der Waals surface area contributed by atoms with Gasteiger partial charge in [-0.15, -0.1) is 0 Å². The third-order valence-electron chi connectivity index (χ3n) is 7.48. The van der Waals surface area contributed by atoms with E-state index in [4.69, 9.17) is 17.3 Å². The Morgan fingerprint density at radius 3 is 2.42 bits per heavy atom. The van der Waals surface area contributed by atoms with Gasteiger partial charge in [0.15, 0.2) is 0 Å². The van der Waals surface area contributed by atoms with Crippen LogP contribution in [-0.4, -0.2) is 76.2 Å². The Morgan fingerprint density at radius 1 is 1.02 bits per heavy atom. The number of nitrogens with two attached hydrogens (primary N) is 3. The standard InChI is InChI=1S/C29H39N9O4S/c30-29(31)33-12-6-11-21(25(39)26(40)22(37-32)14-18-15-34-20-10-5-4-9-19(18)20)35-27(41)23-16-38(43)24(28(42)36-23)13-17-7-2-1-3-8-17/h1-5,7-10,15,21-24,29,33-34,37,43H,6,11-14,16,30-32H2,(H,35,41)(H,36,42)/t21-,22-,23?,24?/m0/s1. The van der Waals surface area contributed by atoms with Gasteiger partial charge in [0.1, 0.15) is 18.4 Å². The highest BCUT2D eigenvalue weighted by molar-refractivity contribution is 7.77. The zero-order valence-corrected chi connectivity index (χ0v) is 24.6. The highest BCUT2D eigenvalue weighted by Crippen LogP contribution is 2.20. The van der Waals surface area contributed by atoms with Crippen LogP contribution < -0.4 is 38.7 Å². The first-order valence-electron chi connectivity index (χ1n) is 14.1. The molecule has 1 fully saturated rings. The lowest BCUT2D eigenvalue weighted by Crippen LogP contribution is -2.63. The van der Waals surface area contributed by atoms with E-state index < -0.39 is 47.9 Å². The number of amides is 2. The van der Waals surface area contributed by atoms with E-state index >= 15 is 0 Å². The number of fused-ring (bicyclic) bond motifs is 1. The molecule has 1 aliphatic heterocycles. The van der Waals surface area contributed by atoms with Gasteiger partial charge in [-0.05, 0) is 49.4 Å². The number of Topliss-reactive ketones (excluding diaryl/α,β-unsaturated/α-hetero) is 2. The molecule has 43 heavy (non-hydrogen) atoms. The number of carbonyl (C=O) groups is 4. The first-order valence-corrected chi connectivity index (χ1v) is 14.5.